The van der Waals surface area contributed by atoms with Crippen molar-refractivity contribution in [3.05, 3.63) is 64.5 Å². The van der Waals surface area contributed by atoms with Gasteiger partial charge in [-0.15, -0.1) is 0 Å². The molecular weight excluding hydrogens is 471 g/mol. The Morgan fingerprint density at radius 1 is 0.946 bits per heavy atom. The fourth-order valence-corrected chi connectivity index (χ4v) is 6.41. The van der Waals surface area contributed by atoms with Gasteiger partial charge in [-0.3, -0.25) is 24.6 Å². The van der Waals surface area contributed by atoms with Crippen LogP contribution in [0, 0.1) is 5.82 Å². The van der Waals surface area contributed by atoms with E-state index in [4.69, 9.17) is 0 Å². The van der Waals surface area contributed by atoms with E-state index in [1.165, 1.54) is 35.1 Å². The van der Waals surface area contributed by atoms with E-state index >= 15 is 4.39 Å². The Morgan fingerprint density at radius 2 is 1.73 bits per heavy atom. The van der Waals surface area contributed by atoms with Gasteiger partial charge >= 0.3 is 0 Å². The molecule has 0 saturated carbocycles. The summed E-state index contributed by atoms with van der Waals surface area (Å²) < 4.78 is 15.2. The normalized spacial score (nSPS) is 23.1. The van der Waals surface area contributed by atoms with Gasteiger partial charge < -0.3 is 9.80 Å². The van der Waals surface area contributed by atoms with Gasteiger partial charge in [0.25, 0.3) is 5.91 Å². The van der Waals surface area contributed by atoms with Crippen molar-refractivity contribution in [1.29, 1.82) is 0 Å². The number of carbonyl (C=O) groups excluding carboxylic acids is 3. The number of benzene rings is 2. The van der Waals surface area contributed by atoms with Crippen molar-refractivity contribution >= 4 is 23.4 Å². The molecule has 3 fully saturated rings. The fourth-order valence-electron chi connectivity index (χ4n) is 6.41. The van der Waals surface area contributed by atoms with E-state index in [9.17, 15) is 14.4 Å². The average Bonchev–Trinajstić information content (AvgIpc) is 3.54. The minimum Gasteiger partial charge on any atom is -0.372 e. The Bertz CT molecular complexity index is 1230. The van der Waals surface area contributed by atoms with Crippen molar-refractivity contribution in [3.8, 4) is 0 Å². The summed E-state index contributed by atoms with van der Waals surface area (Å²) >= 11 is 0. The summed E-state index contributed by atoms with van der Waals surface area (Å²) in [6, 6.07) is 11.4. The Balaban J connectivity index is 1.10. The molecule has 1 atom stereocenters. The van der Waals surface area contributed by atoms with Crippen molar-refractivity contribution in [2.24, 2.45) is 0 Å². The summed E-state index contributed by atoms with van der Waals surface area (Å²) in [5, 5.41) is 2.31. The molecule has 0 spiro atoms. The van der Waals surface area contributed by atoms with Crippen molar-refractivity contribution in [2.75, 3.05) is 31.1 Å². The number of likely N-dealkylation sites (tertiary alicyclic amines) is 1. The Kier molecular flexibility index (Phi) is 6.44. The van der Waals surface area contributed by atoms with Crippen molar-refractivity contribution in [2.45, 2.75) is 63.6 Å². The number of carbonyl (C=O) groups is 3. The summed E-state index contributed by atoms with van der Waals surface area (Å²) in [5.74, 6) is -1.33. The van der Waals surface area contributed by atoms with Gasteiger partial charge in [0.05, 0.1) is 0 Å². The molecule has 1 N–H and O–H groups in total. The molecular formula is C29H33FN4O3. The van der Waals surface area contributed by atoms with Gasteiger partial charge in [0.2, 0.25) is 11.8 Å². The molecule has 3 amide bonds. The first-order valence-electron chi connectivity index (χ1n) is 13.5. The molecule has 4 aliphatic heterocycles. The number of anilines is 1. The largest absolute Gasteiger partial charge is 0.372 e. The Labute approximate surface area is 216 Å². The molecule has 0 aromatic heterocycles. The zero-order chi connectivity index (χ0) is 25.5. The molecule has 7 nitrogen and oxygen atoms in total. The van der Waals surface area contributed by atoms with Crippen LogP contribution in [0.5, 0.6) is 0 Å². The van der Waals surface area contributed by atoms with Gasteiger partial charge in [0, 0.05) is 43.9 Å². The third-order valence-corrected chi connectivity index (χ3v) is 8.46. The number of hydrogen-bond acceptors (Lipinski definition) is 5. The number of hydrogen-bond donors (Lipinski definition) is 1. The molecule has 37 heavy (non-hydrogen) atoms. The SMILES string of the molecule is O=C1CCC(N2Cc3cc(C4CCN(Cc5cccc(N6CCCC6)c5)CC4)c(F)cc3C2=O)C(=O)N1. The topological polar surface area (TPSA) is 73.0 Å². The first-order chi connectivity index (χ1) is 18.0. The second-order valence-electron chi connectivity index (χ2n) is 10.8. The van der Waals surface area contributed by atoms with E-state index in [1.54, 1.807) is 0 Å². The van der Waals surface area contributed by atoms with Crippen LogP contribution in [0.25, 0.3) is 0 Å². The molecule has 1 unspecified atom stereocenters. The van der Waals surface area contributed by atoms with E-state index in [0.717, 1.165) is 51.1 Å². The van der Waals surface area contributed by atoms with Crippen LogP contribution in [0.3, 0.4) is 0 Å². The maximum absolute atomic E-state index is 15.2. The first kappa shape index (κ1) is 24.1. The van der Waals surface area contributed by atoms with Gasteiger partial charge in [-0.1, -0.05) is 18.2 Å². The van der Waals surface area contributed by atoms with E-state index in [0.29, 0.717) is 17.5 Å². The number of fused-ring (bicyclic) bond motifs is 1. The highest BCUT2D eigenvalue weighted by molar-refractivity contribution is 6.05. The Morgan fingerprint density at radius 3 is 2.49 bits per heavy atom. The predicted octanol–water partition coefficient (Wildman–Crippen LogP) is 3.57. The number of imide groups is 1. The number of amides is 3. The lowest BCUT2D eigenvalue weighted by Crippen LogP contribution is -2.52. The van der Waals surface area contributed by atoms with Crippen molar-refractivity contribution < 1.29 is 18.8 Å². The average molecular weight is 505 g/mol. The molecule has 4 heterocycles. The van der Waals surface area contributed by atoms with Crippen LogP contribution < -0.4 is 10.2 Å². The standard InChI is InChI=1S/C29H33FN4O3/c30-25-16-24-21(18-34(29(24)37)26-6-7-27(35)31-28(26)36)15-23(25)20-8-12-32(13-9-20)17-19-4-3-5-22(14-19)33-10-1-2-11-33/h3-5,14-16,20,26H,1-2,6-13,17-18H2,(H,31,35,36). The monoisotopic (exact) mass is 504 g/mol. The van der Waals surface area contributed by atoms with Gasteiger partial charge in [0.1, 0.15) is 11.9 Å². The van der Waals surface area contributed by atoms with E-state index < -0.39 is 11.9 Å². The summed E-state index contributed by atoms with van der Waals surface area (Å²) in [7, 11) is 0. The Hall–Kier alpha value is -3.26. The molecule has 0 aliphatic carbocycles. The number of rotatable bonds is 5. The van der Waals surface area contributed by atoms with Gasteiger partial charge in [0.15, 0.2) is 0 Å². The molecule has 194 valence electrons. The van der Waals surface area contributed by atoms with Crippen molar-refractivity contribution in [3.63, 3.8) is 0 Å². The molecule has 2 aromatic carbocycles. The number of nitrogens with zero attached hydrogens (tertiary/aromatic N) is 3. The quantitative estimate of drug-likeness (QED) is 0.631. The maximum atomic E-state index is 15.2. The first-order valence-corrected chi connectivity index (χ1v) is 13.5. The van der Waals surface area contributed by atoms with Crippen molar-refractivity contribution in [1.82, 2.24) is 15.1 Å². The summed E-state index contributed by atoms with van der Waals surface area (Å²) in [6.45, 7) is 5.25. The highest BCUT2D eigenvalue weighted by atomic mass is 19.1. The second-order valence-corrected chi connectivity index (χ2v) is 10.8. The maximum Gasteiger partial charge on any atom is 0.255 e. The smallest absolute Gasteiger partial charge is 0.255 e. The lowest BCUT2D eigenvalue weighted by molar-refractivity contribution is -0.136. The van der Waals surface area contributed by atoms with Gasteiger partial charge in [-0.05, 0) is 86.0 Å². The van der Waals surface area contributed by atoms with Crippen LogP contribution in [0.1, 0.15) is 71.5 Å². The van der Waals surface area contributed by atoms with Gasteiger partial charge in [-0.2, -0.15) is 0 Å². The van der Waals surface area contributed by atoms with Crippen LogP contribution in [0.4, 0.5) is 10.1 Å². The molecule has 3 saturated heterocycles. The molecule has 0 bridgehead atoms. The van der Waals surface area contributed by atoms with Gasteiger partial charge in [-0.25, -0.2) is 4.39 Å². The third-order valence-electron chi connectivity index (χ3n) is 8.46. The lowest BCUT2D eigenvalue weighted by Gasteiger charge is -2.32. The van der Waals surface area contributed by atoms with Crippen LogP contribution in [-0.2, 0) is 22.7 Å². The van der Waals surface area contributed by atoms with E-state index in [-0.39, 0.29) is 36.5 Å². The predicted molar refractivity (Wildman–Crippen MR) is 138 cm³/mol. The highest BCUT2D eigenvalue weighted by Crippen LogP contribution is 2.36. The fraction of sp³-hybridized carbons (Fsp3) is 0.483. The van der Waals surface area contributed by atoms with Crippen LogP contribution >= 0.6 is 0 Å². The summed E-state index contributed by atoms with van der Waals surface area (Å²) in [6.07, 6.45) is 4.77. The summed E-state index contributed by atoms with van der Waals surface area (Å²) in [5.41, 5.74) is 4.41. The second kappa shape index (κ2) is 9.89. The molecule has 0 radical (unpaired) electrons. The molecule has 2 aromatic rings. The lowest BCUT2D eigenvalue weighted by atomic mass is 9.87. The highest BCUT2D eigenvalue weighted by Gasteiger charge is 2.40. The molecule has 8 heteroatoms. The van der Waals surface area contributed by atoms with Crippen LogP contribution in [0.2, 0.25) is 0 Å². The molecule has 4 aliphatic rings. The zero-order valence-electron chi connectivity index (χ0n) is 21.0. The number of piperidine rings is 2. The third kappa shape index (κ3) is 4.75. The van der Waals surface area contributed by atoms with E-state index in [2.05, 4.69) is 39.4 Å². The number of nitrogens with one attached hydrogen (secondary N) is 1. The number of halogens is 1. The van der Waals surface area contributed by atoms with Crippen LogP contribution in [-0.4, -0.2) is 59.7 Å². The van der Waals surface area contributed by atoms with E-state index in [1.807, 2.05) is 6.07 Å². The molecule has 6 rings (SSSR count). The zero-order valence-corrected chi connectivity index (χ0v) is 21.0. The minimum absolute atomic E-state index is 0.109. The summed E-state index contributed by atoms with van der Waals surface area (Å²) in [4.78, 5) is 43.2. The van der Waals surface area contributed by atoms with Crippen LogP contribution in [0.15, 0.2) is 36.4 Å². The minimum atomic E-state index is -0.684.